The van der Waals surface area contributed by atoms with Crippen LogP contribution in [0.3, 0.4) is 0 Å². The predicted molar refractivity (Wildman–Crippen MR) is 74.9 cm³/mol. The minimum atomic E-state index is 0.0427. The lowest BCUT2D eigenvalue weighted by Crippen LogP contribution is -2.34. The maximum atomic E-state index is 11.5. The molecule has 4 heteroatoms. The molecule has 2 rings (SSSR count). The van der Waals surface area contributed by atoms with Crippen LogP contribution >= 0.6 is 11.6 Å². The molecule has 1 amide bonds. The zero-order valence-electron chi connectivity index (χ0n) is 11.4. The maximum Gasteiger partial charge on any atom is 0.224 e. The van der Waals surface area contributed by atoms with E-state index in [1.54, 1.807) is 0 Å². The van der Waals surface area contributed by atoms with Gasteiger partial charge in [0.15, 0.2) is 0 Å². The fourth-order valence-corrected chi connectivity index (χ4v) is 3.16. The van der Waals surface area contributed by atoms with Gasteiger partial charge in [0.25, 0.3) is 0 Å². The second-order valence-electron chi connectivity index (χ2n) is 5.87. The first-order chi connectivity index (χ1) is 8.65. The Morgan fingerprint density at radius 1 is 1.22 bits per heavy atom. The molecule has 1 unspecified atom stereocenters. The zero-order chi connectivity index (χ0) is 13.0. The smallest absolute Gasteiger partial charge is 0.224 e. The number of likely N-dealkylation sites (tertiary alicyclic amines) is 2. The van der Waals surface area contributed by atoms with Gasteiger partial charge >= 0.3 is 0 Å². The molecule has 0 N–H and O–H groups in total. The van der Waals surface area contributed by atoms with E-state index in [4.69, 9.17) is 11.6 Å². The molecule has 0 spiro atoms. The molecule has 2 fully saturated rings. The Kier molecular flexibility index (Phi) is 5.31. The summed E-state index contributed by atoms with van der Waals surface area (Å²) < 4.78 is 0. The van der Waals surface area contributed by atoms with Crippen LogP contribution in [0, 0.1) is 5.92 Å². The van der Waals surface area contributed by atoms with Gasteiger partial charge in [-0.25, -0.2) is 0 Å². The van der Waals surface area contributed by atoms with Gasteiger partial charge in [-0.1, -0.05) is 6.92 Å². The van der Waals surface area contributed by atoms with Crippen LogP contribution < -0.4 is 0 Å². The lowest BCUT2D eigenvalue weighted by molar-refractivity contribution is -0.127. The number of carbonyl (C=O) groups excluding carboxylic acids is 1. The van der Waals surface area contributed by atoms with Crippen LogP contribution in [0.5, 0.6) is 0 Å². The molecule has 3 nitrogen and oxygen atoms in total. The molecular formula is C14H25ClN2O. The molecular weight excluding hydrogens is 248 g/mol. The van der Waals surface area contributed by atoms with Crippen molar-refractivity contribution in [2.24, 2.45) is 5.92 Å². The van der Waals surface area contributed by atoms with Gasteiger partial charge in [-0.2, -0.15) is 0 Å². The molecule has 0 aromatic carbocycles. The van der Waals surface area contributed by atoms with Crippen molar-refractivity contribution in [3.05, 3.63) is 0 Å². The Hall–Kier alpha value is -0.280. The van der Waals surface area contributed by atoms with E-state index in [2.05, 4.69) is 11.8 Å². The first-order valence-corrected chi connectivity index (χ1v) is 7.73. The van der Waals surface area contributed by atoms with Crippen molar-refractivity contribution in [1.29, 1.82) is 0 Å². The number of nitrogens with zero attached hydrogens (tertiary/aromatic N) is 2. The third-order valence-corrected chi connectivity index (χ3v) is 4.49. The minimum absolute atomic E-state index is 0.0427. The summed E-state index contributed by atoms with van der Waals surface area (Å²) in [5.41, 5.74) is 0. The highest BCUT2D eigenvalue weighted by Crippen LogP contribution is 2.18. The summed E-state index contributed by atoms with van der Waals surface area (Å²) in [5, 5.41) is 0.0427. The molecule has 2 aliphatic heterocycles. The van der Waals surface area contributed by atoms with Crippen molar-refractivity contribution in [2.45, 2.75) is 44.4 Å². The number of hydrogen-bond donors (Lipinski definition) is 0. The van der Waals surface area contributed by atoms with E-state index in [1.165, 1.54) is 38.9 Å². The van der Waals surface area contributed by atoms with E-state index in [9.17, 15) is 4.79 Å². The quantitative estimate of drug-likeness (QED) is 0.567. The van der Waals surface area contributed by atoms with Gasteiger partial charge in [-0.05, 0) is 51.2 Å². The molecule has 0 aromatic rings. The summed E-state index contributed by atoms with van der Waals surface area (Å²) in [6, 6.07) is 0. The van der Waals surface area contributed by atoms with Crippen molar-refractivity contribution >= 4 is 17.5 Å². The Bertz CT molecular complexity index is 277. The molecule has 0 bridgehead atoms. The van der Waals surface area contributed by atoms with Gasteiger partial charge in [0.2, 0.25) is 5.91 Å². The normalized spacial score (nSPS) is 27.1. The van der Waals surface area contributed by atoms with Crippen LogP contribution in [0.25, 0.3) is 0 Å². The van der Waals surface area contributed by atoms with Gasteiger partial charge < -0.3 is 9.80 Å². The lowest BCUT2D eigenvalue weighted by Gasteiger charge is -2.30. The molecule has 2 aliphatic rings. The average Bonchev–Trinajstić information content (AvgIpc) is 2.66. The van der Waals surface area contributed by atoms with Crippen molar-refractivity contribution in [2.75, 3.05) is 32.7 Å². The topological polar surface area (TPSA) is 23.6 Å². The van der Waals surface area contributed by atoms with Crippen LogP contribution in [0.2, 0.25) is 0 Å². The van der Waals surface area contributed by atoms with Crippen LogP contribution in [0.4, 0.5) is 0 Å². The Morgan fingerprint density at radius 3 is 2.50 bits per heavy atom. The second kappa shape index (κ2) is 6.76. The number of carbonyl (C=O) groups is 1. The number of amides is 1. The molecule has 0 aliphatic carbocycles. The van der Waals surface area contributed by atoms with E-state index in [0.717, 1.165) is 25.4 Å². The van der Waals surface area contributed by atoms with Crippen LogP contribution in [0.15, 0.2) is 0 Å². The number of piperidine rings is 1. The summed E-state index contributed by atoms with van der Waals surface area (Å²) in [6.45, 7) is 7.70. The number of halogens is 1. The lowest BCUT2D eigenvalue weighted by atomic mass is 9.99. The molecule has 104 valence electrons. The van der Waals surface area contributed by atoms with Gasteiger partial charge in [0.05, 0.1) is 5.38 Å². The summed E-state index contributed by atoms with van der Waals surface area (Å²) in [4.78, 5) is 16.0. The fourth-order valence-electron chi connectivity index (χ4n) is 2.86. The Labute approximate surface area is 115 Å². The van der Waals surface area contributed by atoms with Crippen molar-refractivity contribution < 1.29 is 4.79 Å². The van der Waals surface area contributed by atoms with Crippen LogP contribution in [-0.2, 0) is 4.79 Å². The number of unbranched alkanes of at least 4 members (excludes halogenated alkanes) is 1. The molecule has 2 saturated heterocycles. The molecule has 0 saturated carbocycles. The summed E-state index contributed by atoms with van der Waals surface area (Å²) in [7, 11) is 0. The van der Waals surface area contributed by atoms with Crippen molar-refractivity contribution in [1.82, 2.24) is 9.80 Å². The van der Waals surface area contributed by atoms with Crippen molar-refractivity contribution in [3.63, 3.8) is 0 Å². The van der Waals surface area contributed by atoms with Gasteiger partial charge in [-0.3, -0.25) is 4.79 Å². The van der Waals surface area contributed by atoms with E-state index in [0.29, 0.717) is 6.42 Å². The monoisotopic (exact) mass is 272 g/mol. The summed E-state index contributed by atoms with van der Waals surface area (Å²) in [5.74, 6) is 1.14. The standard InChI is InChI=1S/C14H25ClN2O/c1-12-4-8-16(9-5-12)6-2-3-7-17-11-13(15)10-14(17)18/h12-13H,2-11H2,1H3. The van der Waals surface area contributed by atoms with E-state index >= 15 is 0 Å². The highest BCUT2D eigenvalue weighted by molar-refractivity contribution is 6.22. The van der Waals surface area contributed by atoms with E-state index < -0.39 is 0 Å². The molecule has 1 atom stereocenters. The van der Waals surface area contributed by atoms with Crippen LogP contribution in [-0.4, -0.2) is 53.8 Å². The maximum absolute atomic E-state index is 11.5. The fraction of sp³-hybridized carbons (Fsp3) is 0.929. The summed E-state index contributed by atoms with van der Waals surface area (Å²) >= 11 is 5.98. The van der Waals surface area contributed by atoms with Gasteiger partial charge in [0.1, 0.15) is 0 Å². The SMILES string of the molecule is CC1CCN(CCCCN2CC(Cl)CC2=O)CC1. The van der Waals surface area contributed by atoms with E-state index in [-0.39, 0.29) is 11.3 Å². The molecule has 0 radical (unpaired) electrons. The largest absolute Gasteiger partial charge is 0.341 e. The first-order valence-electron chi connectivity index (χ1n) is 7.29. The zero-order valence-corrected chi connectivity index (χ0v) is 12.2. The highest BCUT2D eigenvalue weighted by atomic mass is 35.5. The summed E-state index contributed by atoms with van der Waals surface area (Å²) in [6.07, 6.45) is 5.54. The number of hydrogen-bond acceptors (Lipinski definition) is 2. The molecule has 18 heavy (non-hydrogen) atoms. The van der Waals surface area contributed by atoms with E-state index in [1.807, 2.05) is 4.90 Å². The van der Waals surface area contributed by atoms with Gasteiger partial charge in [0, 0.05) is 19.5 Å². The van der Waals surface area contributed by atoms with Crippen molar-refractivity contribution in [3.8, 4) is 0 Å². The first kappa shape index (κ1) is 14.1. The Morgan fingerprint density at radius 2 is 1.89 bits per heavy atom. The Balaban J connectivity index is 1.55. The molecule has 2 heterocycles. The van der Waals surface area contributed by atoms with Gasteiger partial charge in [-0.15, -0.1) is 11.6 Å². The third-order valence-electron chi connectivity index (χ3n) is 4.20. The number of rotatable bonds is 5. The third kappa shape index (κ3) is 4.13. The minimum Gasteiger partial charge on any atom is -0.341 e. The number of alkyl halides is 1. The average molecular weight is 273 g/mol. The highest BCUT2D eigenvalue weighted by Gasteiger charge is 2.27. The molecule has 0 aromatic heterocycles. The van der Waals surface area contributed by atoms with Crippen LogP contribution in [0.1, 0.15) is 39.0 Å². The predicted octanol–water partition coefficient (Wildman–Crippen LogP) is 2.34. The second-order valence-corrected chi connectivity index (χ2v) is 6.49.